The zero-order valence-electron chi connectivity index (χ0n) is 12.6. The van der Waals surface area contributed by atoms with Crippen molar-refractivity contribution in [3.05, 3.63) is 59.2 Å². The lowest BCUT2D eigenvalue weighted by molar-refractivity contribution is 0.0954. The fourth-order valence-corrected chi connectivity index (χ4v) is 2.54. The Morgan fingerprint density at radius 1 is 1.23 bits per heavy atom. The summed E-state index contributed by atoms with van der Waals surface area (Å²) in [5, 5.41) is 2.96. The highest BCUT2D eigenvalue weighted by Crippen LogP contribution is 2.25. The molecule has 2 aromatic rings. The maximum Gasteiger partial charge on any atom is 0.251 e. The summed E-state index contributed by atoms with van der Waals surface area (Å²) in [5.41, 5.74) is 2.98. The minimum Gasteiger partial charge on any atom is -0.497 e. The van der Waals surface area contributed by atoms with Crippen molar-refractivity contribution in [1.29, 1.82) is 0 Å². The third-order valence-electron chi connectivity index (χ3n) is 3.81. The highest BCUT2D eigenvalue weighted by molar-refractivity contribution is 5.94. The summed E-state index contributed by atoms with van der Waals surface area (Å²) in [4.78, 5) is 12.2. The topological polar surface area (TPSA) is 47.6 Å². The molecule has 0 radical (unpaired) electrons. The van der Waals surface area contributed by atoms with Gasteiger partial charge >= 0.3 is 0 Å². The molecule has 0 aliphatic carbocycles. The summed E-state index contributed by atoms with van der Waals surface area (Å²) in [7, 11) is 1.65. The smallest absolute Gasteiger partial charge is 0.251 e. The van der Waals surface area contributed by atoms with E-state index in [9.17, 15) is 4.79 Å². The van der Waals surface area contributed by atoms with Gasteiger partial charge in [0.1, 0.15) is 11.5 Å². The molecule has 4 heteroatoms. The first-order valence-electron chi connectivity index (χ1n) is 7.43. The second kappa shape index (κ2) is 6.52. The number of ether oxygens (including phenoxy) is 2. The van der Waals surface area contributed by atoms with Crippen LogP contribution in [0.1, 0.15) is 21.5 Å². The van der Waals surface area contributed by atoms with Gasteiger partial charge in [-0.2, -0.15) is 0 Å². The zero-order chi connectivity index (χ0) is 15.4. The summed E-state index contributed by atoms with van der Waals surface area (Å²) in [6, 6.07) is 13.5. The van der Waals surface area contributed by atoms with Gasteiger partial charge in [0.05, 0.1) is 13.7 Å². The molecule has 114 valence electrons. The van der Waals surface area contributed by atoms with Crippen molar-refractivity contribution in [3.8, 4) is 11.5 Å². The van der Waals surface area contributed by atoms with Crippen molar-refractivity contribution < 1.29 is 14.3 Å². The maximum absolute atomic E-state index is 12.2. The molecule has 4 nitrogen and oxygen atoms in total. The van der Waals surface area contributed by atoms with Crippen LogP contribution >= 0.6 is 0 Å². The van der Waals surface area contributed by atoms with Gasteiger partial charge in [0.15, 0.2) is 0 Å². The Morgan fingerprint density at radius 2 is 2.05 bits per heavy atom. The molecule has 0 spiro atoms. The van der Waals surface area contributed by atoms with E-state index in [-0.39, 0.29) is 5.91 Å². The predicted molar refractivity (Wildman–Crippen MR) is 84.7 cm³/mol. The lowest BCUT2D eigenvalue weighted by atomic mass is 10.1. The van der Waals surface area contributed by atoms with Gasteiger partial charge < -0.3 is 14.8 Å². The van der Waals surface area contributed by atoms with E-state index in [2.05, 4.69) is 5.32 Å². The maximum atomic E-state index is 12.2. The summed E-state index contributed by atoms with van der Waals surface area (Å²) in [6.45, 7) is 1.32. The molecule has 0 aromatic heterocycles. The van der Waals surface area contributed by atoms with Crippen molar-refractivity contribution in [2.75, 3.05) is 20.3 Å². The molecule has 3 rings (SSSR count). The Kier molecular flexibility index (Phi) is 4.28. The van der Waals surface area contributed by atoms with Crippen LogP contribution in [0.3, 0.4) is 0 Å². The largest absolute Gasteiger partial charge is 0.497 e. The van der Waals surface area contributed by atoms with Gasteiger partial charge in [0, 0.05) is 18.5 Å². The minimum atomic E-state index is -0.0387. The molecule has 0 bridgehead atoms. The molecule has 0 unspecified atom stereocenters. The highest BCUT2D eigenvalue weighted by Gasteiger charge is 2.14. The standard InChI is InChI=1S/C18H19NO3/c1-21-16-5-2-13(3-6-16)8-10-19-18(20)15-4-7-17-14(12-15)9-11-22-17/h2-7,12H,8-11H2,1H3,(H,19,20). The van der Waals surface area contributed by atoms with Gasteiger partial charge in [-0.05, 0) is 47.9 Å². The first kappa shape index (κ1) is 14.4. The van der Waals surface area contributed by atoms with E-state index < -0.39 is 0 Å². The quantitative estimate of drug-likeness (QED) is 0.923. The summed E-state index contributed by atoms with van der Waals surface area (Å²) in [5.74, 6) is 1.70. The Balaban J connectivity index is 1.53. The molecule has 1 amide bonds. The average molecular weight is 297 g/mol. The van der Waals surface area contributed by atoms with E-state index in [0.29, 0.717) is 18.7 Å². The number of amides is 1. The van der Waals surface area contributed by atoms with E-state index in [1.54, 1.807) is 7.11 Å². The summed E-state index contributed by atoms with van der Waals surface area (Å²) < 4.78 is 10.6. The van der Waals surface area contributed by atoms with Crippen LogP contribution in [0, 0.1) is 0 Å². The molecule has 1 heterocycles. The first-order chi connectivity index (χ1) is 10.8. The van der Waals surface area contributed by atoms with Crippen molar-refractivity contribution in [1.82, 2.24) is 5.32 Å². The van der Waals surface area contributed by atoms with Crippen LogP contribution in [-0.4, -0.2) is 26.2 Å². The SMILES string of the molecule is COc1ccc(CCNC(=O)c2ccc3c(c2)CCO3)cc1. The minimum absolute atomic E-state index is 0.0387. The molecule has 0 saturated carbocycles. The van der Waals surface area contributed by atoms with Crippen LogP contribution in [0.25, 0.3) is 0 Å². The Hall–Kier alpha value is -2.49. The van der Waals surface area contributed by atoms with Gasteiger partial charge in [0.25, 0.3) is 5.91 Å². The van der Waals surface area contributed by atoms with Gasteiger partial charge in [-0.3, -0.25) is 4.79 Å². The Bertz CT molecular complexity index is 665. The molecule has 22 heavy (non-hydrogen) atoms. The Labute approximate surface area is 130 Å². The van der Waals surface area contributed by atoms with Gasteiger partial charge in [-0.15, -0.1) is 0 Å². The summed E-state index contributed by atoms with van der Waals surface area (Å²) >= 11 is 0. The number of fused-ring (bicyclic) bond motifs is 1. The molecular formula is C18H19NO3. The van der Waals surface area contributed by atoms with Crippen molar-refractivity contribution in [2.24, 2.45) is 0 Å². The van der Waals surface area contributed by atoms with Crippen LogP contribution in [0.2, 0.25) is 0 Å². The number of methoxy groups -OCH3 is 1. The highest BCUT2D eigenvalue weighted by atomic mass is 16.5. The summed E-state index contributed by atoms with van der Waals surface area (Å²) in [6.07, 6.45) is 1.67. The molecule has 1 N–H and O–H groups in total. The number of hydrogen-bond acceptors (Lipinski definition) is 3. The molecule has 0 saturated heterocycles. The molecule has 0 atom stereocenters. The molecule has 1 aliphatic heterocycles. The first-order valence-corrected chi connectivity index (χ1v) is 7.43. The van der Waals surface area contributed by atoms with Crippen LogP contribution in [0.15, 0.2) is 42.5 Å². The zero-order valence-corrected chi connectivity index (χ0v) is 12.6. The number of carbonyl (C=O) groups excluding carboxylic acids is 1. The number of rotatable bonds is 5. The molecule has 2 aromatic carbocycles. The average Bonchev–Trinajstić information content (AvgIpc) is 3.03. The van der Waals surface area contributed by atoms with Crippen LogP contribution in [0.4, 0.5) is 0 Å². The van der Waals surface area contributed by atoms with Crippen LogP contribution in [0.5, 0.6) is 11.5 Å². The van der Waals surface area contributed by atoms with Crippen molar-refractivity contribution in [2.45, 2.75) is 12.8 Å². The normalized spacial score (nSPS) is 12.4. The van der Waals surface area contributed by atoms with Crippen LogP contribution in [-0.2, 0) is 12.8 Å². The second-order valence-corrected chi connectivity index (χ2v) is 5.27. The van der Waals surface area contributed by atoms with Crippen molar-refractivity contribution >= 4 is 5.91 Å². The van der Waals surface area contributed by atoms with Crippen LogP contribution < -0.4 is 14.8 Å². The number of nitrogens with one attached hydrogen (secondary N) is 1. The lowest BCUT2D eigenvalue weighted by Crippen LogP contribution is -2.25. The third-order valence-corrected chi connectivity index (χ3v) is 3.81. The van der Waals surface area contributed by atoms with E-state index >= 15 is 0 Å². The van der Waals surface area contributed by atoms with E-state index in [1.165, 1.54) is 5.56 Å². The van der Waals surface area contributed by atoms with Gasteiger partial charge in [-0.1, -0.05) is 12.1 Å². The third kappa shape index (κ3) is 3.22. The van der Waals surface area contributed by atoms with E-state index in [0.717, 1.165) is 29.9 Å². The Morgan fingerprint density at radius 3 is 2.82 bits per heavy atom. The lowest BCUT2D eigenvalue weighted by Gasteiger charge is -2.07. The number of carbonyl (C=O) groups is 1. The van der Waals surface area contributed by atoms with E-state index in [4.69, 9.17) is 9.47 Å². The van der Waals surface area contributed by atoms with Crippen molar-refractivity contribution in [3.63, 3.8) is 0 Å². The number of hydrogen-bond donors (Lipinski definition) is 1. The van der Waals surface area contributed by atoms with Gasteiger partial charge in [-0.25, -0.2) is 0 Å². The fraction of sp³-hybridized carbons (Fsp3) is 0.278. The van der Waals surface area contributed by atoms with Gasteiger partial charge in [0.2, 0.25) is 0 Å². The number of benzene rings is 2. The molecule has 0 fully saturated rings. The fourth-order valence-electron chi connectivity index (χ4n) is 2.54. The van der Waals surface area contributed by atoms with E-state index in [1.807, 2.05) is 42.5 Å². The second-order valence-electron chi connectivity index (χ2n) is 5.27. The monoisotopic (exact) mass is 297 g/mol. The molecular weight excluding hydrogens is 278 g/mol. The molecule has 1 aliphatic rings. The predicted octanol–water partition coefficient (Wildman–Crippen LogP) is 2.60.